The zero-order valence-electron chi connectivity index (χ0n) is 18.4. The lowest BCUT2D eigenvalue weighted by Gasteiger charge is -2.17. The number of ketones is 1. The highest BCUT2D eigenvalue weighted by Crippen LogP contribution is 2.18. The average molecular weight is 422 g/mol. The van der Waals surface area contributed by atoms with Crippen LogP contribution in [0.25, 0.3) is 10.9 Å². The normalized spacial score (nSPS) is 12.0. The van der Waals surface area contributed by atoms with Crippen LogP contribution in [0.1, 0.15) is 40.9 Å². The lowest BCUT2D eigenvalue weighted by molar-refractivity contribution is -0.147. The zero-order valence-corrected chi connectivity index (χ0v) is 18.4. The van der Waals surface area contributed by atoms with Gasteiger partial charge in [-0.3, -0.25) is 23.5 Å². The average Bonchev–Trinajstić information content (AvgIpc) is 2.73. The Balaban J connectivity index is 1.88. The second-order valence-corrected chi connectivity index (χ2v) is 7.68. The minimum absolute atomic E-state index is 0.179. The Morgan fingerprint density at radius 2 is 1.61 bits per heavy atom. The third-order valence-electron chi connectivity index (χ3n) is 5.52. The topological polar surface area (TPSA) is 87.4 Å². The van der Waals surface area contributed by atoms with Gasteiger partial charge in [-0.2, -0.15) is 0 Å². The second-order valence-electron chi connectivity index (χ2n) is 7.68. The number of Topliss-reactive ketones (excluding diaryl/α,β-unsaturated/α-hetero) is 1. The van der Waals surface area contributed by atoms with E-state index in [9.17, 15) is 19.2 Å². The molecule has 162 valence electrons. The maximum Gasteiger partial charge on any atom is 0.332 e. The molecule has 1 atom stereocenters. The molecular weight excluding hydrogens is 396 g/mol. The van der Waals surface area contributed by atoms with Gasteiger partial charge in [0.15, 0.2) is 6.10 Å². The number of para-hydroxylation sites is 1. The van der Waals surface area contributed by atoms with Gasteiger partial charge in [-0.05, 0) is 69.5 Å². The summed E-state index contributed by atoms with van der Waals surface area (Å²) in [5.41, 5.74) is 2.74. The van der Waals surface area contributed by atoms with E-state index in [1.165, 1.54) is 11.5 Å². The number of hydrogen-bond donors (Lipinski definition) is 0. The fourth-order valence-corrected chi connectivity index (χ4v) is 3.66. The molecule has 0 N–H and O–H groups in total. The summed E-state index contributed by atoms with van der Waals surface area (Å²) < 4.78 is 7.65. The number of benzene rings is 2. The first-order valence-corrected chi connectivity index (χ1v) is 10.2. The molecule has 0 amide bonds. The minimum Gasteiger partial charge on any atom is -0.453 e. The molecule has 0 aliphatic rings. The molecule has 0 radical (unpaired) electrons. The van der Waals surface area contributed by atoms with Crippen LogP contribution in [0, 0.1) is 20.8 Å². The van der Waals surface area contributed by atoms with E-state index in [4.69, 9.17) is 4.74 Å². The molecule has 0 saturated heterocycles. The highest BCUT2D eigenvalue weighted by atomic mass is 16.5. The lowest BCUT2D eigenvalue weighted by Crippen LogP contribution is -2.41. The molecule has 0 aliphatic carbocycles. The van der Waals surface area contributed by atoms with Crippen LogP contribution in [0.15, 0.2) is 46.0 Å². The molecule has 0 aliphatic heterocycles. The Kier molecular flexibility index (Phi) is 6.24. The summed E-state index contributed by atoms with van der Waals surface area (Å²) in [6.45, 7) is 8.71. The van der Waals surface area contributed by atoms with Crippen LogP contribution in [0.5, 0.6) is 0 Å². The summed E-state index contributed by atoms with van der Waals surface area (Å²) in [6, 6.07) is 10.3. The Morgan fingerprint density at radius 1 is 0.968 bits per heavy atom. The van der Waals surface area contributed by atoms with Crippen molar-refractivity contribution in [3.63, 3.8) is 0 Å². The van der Waals surface area contributed by atoms with Gasteiger partial charge in [0.1, 0.15) is 6.54 Å². The number of aromatic nitrogens is 2. The summed E-state index contributed by atoms with van der Waals surface area (Å²) in [5, 5.41) is 0.339. The van der Waals surface area contributed by atoms with Gasteiger partial charge in [-0.15, -0.1) is 0 Å². The fourth-order valence-electron chi connectivity index (χ4n) is 3.66. The predicted molar refractivity (Wildman–Crippen MR) is 119 cm³/mol. The largest absolute Gasteiger partial charge is 0.453 e. The first-order chi connectivity index (χ1) is 14.6. The minimum atomic E-state index is -1.01. The molecule has 3 rings (SSSR count). The molecule has 3 aromatic rings. The molecule has 0 fully saturated rings. The number of rotatable bonds is 6. The van der Waals surface area contributed by atoms with Gasteiger partial charge in [-0.25, -0.2) is 4.79 Å². The van der Waals surface area contributed by atoms with E-state index < -0.39 is 29.9 Å². The van der Waals surface area contributed by atoms with Crippen LogP contribution in [-0.4, -0.2) is 27.0 Å². The summed E-state index contributed by atoms with van der Waals surface area (Å²) >= 11 is 0. The molecular formula is C24H26N2O5. The Bertz CT molecular complexity index is 1300. The maximum absolute atomic E-state index is 12.9. The fraction of sp³-hybridized carbons (Fsp3) is 0.333. The molecule has 0 saturated carbocycles. The standard InChI is InChI=1S/C24H26N2O5/c1-6-25-23(29)18-9-7-8-10-20(18)26(24(25)30)13-21(27)31-17(5)22(28)19-12-15(3)14(2)11-16(19)4/h7-12,17H,6,13H2,1-5H3. The first kappa shape index (κ1) is 22.2. The number of esters is 1. The van der Waals surface area contributed by atoms with Gasteiger partial charge >= 0.3 is 11.7 Å². The highest BCUT2D eigenvalue weighted by molar-refractivity contribution is 6.01. The van der Waals surface area contributed by atoms with Gasteiger partial charge < -0.3 is 4.74 Å². The van der Waals surface area contributed by atoms with Crippen molar-refractivity contribution in [3.8, 4) is 0 Å². The lowest BCUT2D eigenvalue weighted by atomic mass is 9.96. The van der Waals surface area contributed by atoms with E-state index in [2.05, 4.69) is 0 Å². The highest BCUT2D eigenvalue weighted by Gasteiger charge is 2.23. The third-order valence-corrected chi connectivity index (χ3v) is 5.52. The summed E-state index contributed by atoms with van der Waals surface area (Å²) in [7, 11) is 0. The van der Waals surface area contributed by atoms with Crippen molar-refractivity contribution < 1.29 is 14.3 Å². The Morgan fingerprint density at radius 3 is 2.29 bits per heavy atom. The van der Waals surface area contributed by atoms with Crippen molar-refractivity contribution in [3.05, 3.63) is 79.5 Å². The monoisotopic (exact) mass is 422 g/mol. The zero-order chi connectivity index (χ0) is 22.9. The van der Waals surface area contributed by atoms with E-state index in [-0.39, 0.29) is 12.3 Å². The molecule has 1 heterocycles. The molecule has 1 aromatic heterocycles. The summed E-state index contributed by atoms with van der Waals surface area (Å²) in [5.74, 6) is -1.03. The Hall–Kier alpha value is -3.48. The van der Waals surface area contributed by atoms with Crippen molar-refractivity contribution in [2.24, 2.45) is 0 Å². The number of nitrogens with zero attached hydrogens (tertiary/aromatic N) is 2. The number of aryl methyl sites for hydroxylation is 3. The van der Waals surface area contributed by atoms with Gasteiger partial charge in [0.2, 0.25) is 5.78 Å². The summed E-state index contributed by atoms with van der Waals surface area (Å²) in [6.07, 6.45) is -1.01. The predicted octanol–water partition coefficient (Wildman–Crippen LogP) is 2.92. The Labute approximate surface area is 179 Å². The molecule has 2 aromatic carbocycles. The van der Waals surface area contributed by atoms with Crippen molar-refractivity contribution in [2.45, 2.75) is 53.8 Å². The number of carbonyl (C=O) groups is 2. The molecule has 31 heavy (non-hydrogen) atoms. The molecule has 1 unspecified atom stereocenters. The SMILES string of the molecule is CCn1c(=O)c2ccccc2n(CC(=O)OC(C)C(=O)c2cc(C)c(C)cc2C)c1=O. The van der Waals surface area contributed by atoms with E-state index in [1.807, 2.05) is 26.8 Å². The van der Waals surface area contributed by atoms with E-state index in [0.717, 1.165) is 21.3 Å². The number of carbonyl (C=O) groups excluding carboxylic acids is 2. The maximum atomic E-state index is 12.9. The van der Waals surface area contributed by atoms with Gasteiger partial charge in [-0.1, -0.05) is 18.2 Å². The van der Waals surface area contributed by atoms with Crippen LogP contribution in [0.4, 0.5) is 0 Å². The van der Waals surface area contributed by atoms with Gasteiger partial charge in [0.05, 0.1) is 10.9 Å². The number of ether oxygens (including phenoxy) is 1. The molecule has 0 bridgehead atoms. The van der Waals surface area contributed by atoms with Gasteiger partial charge in [0.25, 0.3) is 5.56 Å². The number of fused-ring (bicyclic) bond motifs is 1. The van der Waals surface area contributed by atoms with Crippen molar-refractivity contribution >= 4 is 22.7 Å². The van der Waals surface area contributed by atoms with Gasteiger partial charge in [0, 0.05) is 12.1 Å². The van der Waals surface area contributed by atoms with Crippen LogP contribution >= 0.6 is 0 Å². The number of hydrogen-bond acceptors (Lipinski definition) is 5. The quantitative estimate of drug-likeness (QED) is 0.450. The van der Waals surface area contributed by atoms with E-state index in [0.29, 0.717) is 16.5 Å². The van der Waals surface area contributed by atoms with Crippen molar-refractivity contribution in [1.29, 1.82) is 0 Å². The van der Waals surface area contributed by atoms with E-state index in [1.54, 1.807) is 37.3 Å². The summed E-state index contributed by atoms with van der Waals surface area (Å²) in [4.78, 5) is 50.8. The van der Waals surface area contributed by atoms with Crippen LogP contribution in [0.2, 0.25) is 0 Å². The second kappa shape index (κ2) is 8.71. The molecule has 7 heteroatoms. The third kappa shape index (κ3) is 4.21. The van der Waals surface area contributed by atoms with Crippen molar-refractivity contribution in [1.82, 2.24) is 9.13 Å². The van der Waals surface area contributed by atoms with E-state index >= 15 is 0 Å². The first-order valence-electron chi connectivity index (χ1n) is 10.2. The molecule has 0 spiro atoms. The van der Waals surface area contributed by atoms with Crippen LogP contribution < -0.4 is 11.2 Å². The van der Waals surface area contributed by atoms with Crippen molar-refractivity contribution in [2.75, 3.05) is 0 Å². The van der Waals surface area contributed by atoms with Crippen LogP contribution in [-0.2, 0) is 22.6 Å². The van der Waals surface area contributed by atoms with Crippen LogP contribution in [0.3, 0.4) is 0 Å². The smallest absolute Gasteiger partial charge is 0.332 e. The molecule has 7 nitrogen and oxygen atoms in total.